The molecule has 0 aliphatic carbocycles. The minimum Gasteiger partial charge on any atom is -0.363 e. The molecule has 2 N–H and O–H groups in total. The van der Waals surface area contributed by atoms with Gasteiger partial charge in [0.1, 0.15) is 21.5 Å². The van der Waals surface area contributed by atoms with Crippen LogP contribution in [0.25, 0.3) is 0 Å². The van der Waals surface area contributed by atoms with Gasteiger partial charge in [-0.3, -0.25) is 0 Å². The van der Waals surface area contributed by atoms with E-state index in [9.17, 15) is 8.78 Å². The Morgan fingerprint density at radius 1 is 1.29 bits per heavy atom. The van der Waals surface area contributed by atoms with Crippen molar-refractivity contribution in [1.29, 1.82) is 0 Å². The van der Waals surface area contributed by atoms with Crippen molar-refractivity contribution in [3.05, 3.63) is 35.5 Å². The first-order valence-corrected chi connectivity index (χ1v) is 5.98. The number of benzene rings is 1. The van der Waals surface area contributed by atoms with Gasteiger partial charge in [-0.2, -0.15) is 0 Å². The van der Waals surface area contributed by atoms with E-state index in [1.807, 2.05) is 0 Å². The largest absolute Gasteiger partial charge is 0.363 e. The summed E-state index contributed by atoms with van der Waals surface area (Å²) in [4.78, 5) is 0.166. The second kappa shape index (κ2) is 5.05. The summed E-state index contributed by atoms with van der Waals surface area (Å²) in [6, 6.07) is 3.14. The highest BCUT2D eigenvalue weighted by molar-refractivity contribution is 8.01. The lowest BCUT2D eigenvalue weighted by Gasteiger charge is -2.03. The molecule has 0 spiro atoms. The Kier molecular flexibility index (Phi) is 3.67. The number of rotatable bonds is 3. The molecule has 0 unspecified atom stereocenters. The van der Waals surface area contributed by atoms with Gasteiger partial charge in [-0.15, -0.1) is 5.10 Å². The molecule has 17 heavy (non-hydrogen) atoms. The van der Waals surface area contributed by atoms with E-state index in [0.29, 0.717) is 4.21 Å². The molecule has 2 aromatic rings. The normalized spacial score (nSPS) is 11.1. The van der Waals surface area contributed by atoms with Crippen LogP contribution in [-0.4, -0.2) is 19.8 Å². The molecule has 0 bridgehead atoms. The van der Waals surface area contributed by atoms with Crippen LogP contribution in [0.1, 0.15) is 12.0 Å². The minimum atomic E-state index is -1.76. The van der Waals surface area contributed by atoms with Gasteiger partial charge in [0.15, 0.2) is 6.29 Å². The lowest BCUT2D eigenvalue weighted by atomic mass is 10.3. The highest BCUT2D eigenvalue weighted by Gasteiger charge is 2.17. The van der Waals surface area contributed by atoms with Gasteiger partial charge in [-0.1, -0.05) is 16.3 Å². The maximum Gasteiger partial charge on any atom is 0.200 e. The molecule has 0 aliphatic heterocycles. The average Bonchev–Trinajstić information content (AvgIpc) is 2.70. The second-order valence-corrected chi connectivity index (χ2v) is 5.06. The molecule has 2 rings (SSSR count). The Bertz CT molecular complexity index is 533. The molecule has 0 fully saturated rings. The van der Waals surface area contributed by atoms with Crippen LogP contribution in [0.4, 0.5) is 8.78 Å². The molecule has 0 amide bonds. The Labute approximate surface area is 103 Å². The van der Waals surface area contributed by atoms with Crippen LogP contribution in [0.5, 0.6) is 0 Å². The lowest BCUT2D eigenvalue weighted by Crippen LogP contribution is -1.96. The highest BCUT2D eigenvalue weighted by Crippen LogP contribution is 2.35. The minimum absolute atomic E-state index is 0.0382. The summed E-state index contributed by atoms with van der Waals surface area (Å²) in [7, 11) is 0. The topological polar surface area (TPSA) is 66.2 Å². The highest BCUT2D eigenvalue weighted by atomic mass is 32.2. The standard InChI is InChI=1S/C9H6F2N2O2S2/c10-4-1-2-6(5(11)3-4)16-9-7(8(14)15)12-13-17-9/h1-3,8,14-15H. The van der Waals surface area contributed by atoms with E-state index in [0.717, 1.165) is 35.4 Å². The third kappa shape index (κ3) is 2.78. The van der Waals surface area contributed by atoms with Crippen LogP contribution in [0.15, 0.2) is 27.3 Å². The molecule has 0 aliphatic rings. The summed E-state index contributed by atoms with van der Waals surface area (Å²) >= 11 is 1.82. The van der Waals surface area contributed by atoms with Gasteiger partial charge in [0.05, 0.1) is 0 Å². The molecule has 8 heteroatoms. The third-order valence-corrected chi connectivity index (χ3v) is 3.78. The zero-order valence-electron chi connectivity index (χ0n) is 8.17. The van der Waals surface area contributed by atoms with Gasteiger partial charge in [-0.05, 0) is 23.7 Å². The summed E-state index contributed by atoms with van der Waals surface area (Å²) in [6.45, 7) is 0. The van der Waals surface area contributed by atoms with Crippen molar-refractivity contribution in [2.75, 3.05) is 0 Å². The van der Waals surface area contributed by atoms with Crippen molar-refractivity contribution in [3.63, 3.8) is 0 Å². The predicted octanol–water partition coefficient (Wildman–Crippen LogP) is 1.95. The van der Waals surface area contributed by atoms with Crippen molar-refractivity contribution in [3.8, 4) is 0 Å². The molecule has 1 heterocycles. The second-order valence-electron chi connectivity index (χ2n) is 3.00. The van der Waals surface area contributed by atoms with Gasteiger partial charge in [0.25, 0.3) is 0 Å². The molecular weight excluding hydrogens is 270 g/mol. The molecule has 4 nitrogen and oxygen atoms in total. The first-order chi connectivity index (χ1) is 8.08. The number of aliphatic hydroxyl groups is 2. The molecule has 90 valence electrons. The molecule has 1 aromatic carbocycles. The van der Waals surface area contributed by atoms with Crippen molar-refractivity contribution in [2.24, 2.45) is 0 Å². The zero-order valence-corrected chi connectivity index (χ0v) is 9.80. The molecular formula is C9H6F2N2O2S2. The Hall–Kier alpha value is -1.09. The first-order valence-electron chi connectivity index (χ1n) is 4.39. The van der Waals surface area contributed by atoms with Crippen LogP contribution >= 0.6 is 23.3 Å². The van der Waals surface area contributed by atoms with Crippen molar-refractivity contribution < 1.29 is 19.0 Å². The number of hydrogen-bond acceptors (Lipinski definition) is 6. The molecule has 1 aromatic heterocycles. The Morgan fingerprint density at radius 2 is 2.06 bits per heavy atom. The fourth-order valence-corrected chi connectivity index (χ4v) is 2.78. The molecule has 0 saturated carbocycles. The maximum absolute atomic E-state index is 13.4. The summed E-state index contributed by atoms with van der Waals surface area (Å²) in [6.07, 6.45) is -1.76. The zero-order chi connectivity index (χ0) is 12.4. The number of aliphatic hydroxyl groups excluding tert-OH is 1. The molecule has 0 saturated heterocycles. The first kappa shape index (κ1) is 12.4. The number of hydrogen-bond donors (Lipinski definition) is 2. The fraction of sp³-hybridized carbons (Fsp3) is 0.111. The quantitative estimate of drug-likeness (QED) is 0.839. The third-order valence-electron chi connectivity index (χ3n) is 1.82. The van der Waals surface area contributed by atoms with Crippen molar-refractivity contribution >= 4 is 23.3 Å². The van der Waals surface area contributed by atoms with Crippen molar-refractivity contribution in [2.45, 2.75) is 15.4 Å². The SMILES string of the molecule is OC(O)c1nnsc1Sc1ccc(F)cc1F. The van der Waals surface area contributed by atoms with Gasteiger partial charge >= 0.3 is 0 Å². The van der Waals surface area contributed by atoms with Crippen LogP contribution in [0.2, 0.25) is 0 Å². The smallest absolute Gasteiger partial charge is 0.200 e. The van der Waals surface area contributed by atoms with E-state index in [2.05, 4.69) is 9.59 Å². The summed E-state index contributed by atoms with van der Waals surface area (Å²) in [5, 5.41) is 21.5. The average molecular weight is 276 g/mol. The monoisotopic (exact) mass is 276 g/mol. The molecule has 0 radical (unpaired) electrons. The van der Waals surface area contributed by atoms with E-state index in [1.54, 1.807) is 0 Å². The summed E-state index contributed by atoms with van der Waals surface area (Å²) in [5.41, 5.74) is -0.0382. The van der Waals surface area contributed by atoms with E-state index < -0.39 is 17.9 Å². The molecule has 0 atom stereocenters. The van der Waals surface area contributed by atoms with Crippen molar-refractivity contribution in [1.82, 2.24) is 9.59 Å². The Morgan fingerprint density at radius 3 is 2.71 bits per heavy atom. The number of halogens is 2. The number of nitrogens with zero attached hydrogens (tertiary/aromatic N) is 2. The fourth-order valence-electron chi connectivity index (χ4n) is 1.07. The van der Waals surface area contributed by atoms with Crippen LogP contribution in [-0.2, 0) is 0 Å². The van der Waals surface area contributed by atoms with Gasteiger partial charge in [0, 0.05) is 11.0 Å². The Balaban J connectivity index is 2.28. The summed E-state index contributed by atoms with van der Waals surface area (Å²) in [5.74, 6) is -1.39. The van der Waals surface area contributed by atoms with Crippen LogP contribution in [0, 0.1) is 11.6 Å². The van der Waals surface area contributed by atoms with E-state index in [1.165, 1.54) is 6.07 Å². The summed E-state index contributed by atoms with van der Waals surface area (Å²) < 4.78 is 29.9. The van der Waals surface area contributed by atoms with E-state index in [-0.39, 0.29) is 10.6 Å². The van der Waals surface area contributed by atoms with Gasteiger partial charge < -0.3 is 10.2 Å². The van der Waals surface area contributed by atoms with Crippen LogP contribution < -0.4 is 0 Å². The maximum atomic E-state index is 13.4. The van der Waals surface area contributed by atoms with E-state index in [4.69, 9.17) is 10.2 Å². The van der Waals surface area contributed by atoms with Crippen LogP contribution in [0.3, 0.4) is 0 Å². The number of aromatic nitrogens is 2. The van der Waals surface area contributed by atoms with E-state index >= 15 is 0 Å². The van der Waals surface area contributed by atoms with Gasteiger partial charge in [0.2, 0.25) is 0 Å². The van der Waals surface area contributed by atoms with Gasteiger partial charge in [-0.25, -0.2) is 8.78 Å². The predicted molar refractivity (Wildman–Crippen MR) is 57.6 cm³/mol. The lowest BCUT2D eigenvalue weighted by molar-refractivity contribution is -0.0477.